The molecule has 0 aliphatic carbocycles. The van der Waals surface area contributed by atoms with Crippen molar-refractivity contribution in [3.05, 3.63) is 87.1 Å². The molecule has 196 valence electrons. The Bertz CT molecular complexity index is 1190. The van der Waals surface area contributed by atoms with E-state index in [1.165, 1.54) is 18.2 Å². The van der Waals surface area contributed by atoms with E-state index in [1.807, 2.05) is 30.3 Å². The third kappa shape index (κ3) is 6.87. The zero-order valence-electron chi connectivity index (χ0n) is 21.0. The van der Waals surface area contributed by atoms with Crippen molar-refractivity contribution >= 4 is 23.3 Å². The minimum absolute atomic E-state index is 0.00551. The van der Waals surface area contributed by atoms with Crippen LogP contribution in [-0.2, 0) is 19.1 Å². The van der Waals surface area contributed by atoms with Crippen molar-refractivity contribution in [3.8, 4) is 0 Å². The normalized spacial score (nSPS) is 18.1. The van der Waals surface area contributed by atoms with E-state index in [4.69, 9.17) is 9.47 Å². The predicted octanol–water partition coefficient (Wildman–Crippen LogP) is 3.47. The first kappa shape index (κ1) is 27.7. The number of ether oxygens (including phenoxy) is 2. The Morgan fingerprint density at radius 1 is 1.14 bits per heavy atom. The molecule has 0 fully saturated rings. The number of rotatable bonds is 11. The number of aliphatic hydroxyl groups is 1. The van der Waals surface area contributed by atoms with Crippen molar-refractivity contribution in [1.29, 1.82) is 0 Å². The molecule has 2 aromatic rings. The van der Waals surface area contributed by atoms with E-state index < -0.39 is 34.8 Å². The summed E-state index contributed by atoms with van der Waals surface area (Å²) in [5.41, 5.74) is 1.98. The number of aliphatic hydroxyl groups excluding tert-OH is 1. The van der Waals surface area contributed by atoms with Crippen molar-refractivity contribution in [2.45, 2.75) is 32.8 Å². The van der Waals surface area contributed by atoms with E-state index >= 15 is 0 Å². The molecule has 0 saturated carbocycles. The Morgan fingerprint density at radius 3 is 2.54 bits per heavy atom. The van der Waals surface area contributed by atoms with Gasteiger partial charge in [0.05, 0.1) is 23.2 Å². The summed E-state index contributed by atoms with van der Waals surface area (Å²) in [6.07, 6.45) is -0.707. The smallest absolute Gasteiger partial charge is 0.336 e. The molecule has 3 unspecified atom stereocenters. The predicted molar refractivity (Wildman–Crippen MR) is 137 cm³/mol. The first-order chi connectivity index (χ1) is 17.7. The van der Waals surface area contributed by atoms with Gasteiger partial charge in [-0.1, -0.05) is 42.5 Å². The third-order valence-electron chi connectivity index (χ3n) is 6.06. The van der Waals surface area contributed by atoms with Crippen LogP contribution in [0.4, 0.5) is 5.69 Å². The standard InChI is InChI=1S/C27H31N3O7/c1-4-36-26(32)23-17(2)29-18(3)24(25(23)20-11-8-12-21(15-20)30(34)35)27(33)37-14-13-28-16-22(31)19-9-6-5-7-10-19/h5-12,15,22-23,25,28,31H,4,13-14,16H2,1-3H3. The Morgan fingerprint density at radius 2 is 1.86 bits per heavy atom. The van der Waals surface area contributed by atoms with Gasteiger partial charge in [0.25, 0.3) is 5.69 Å². The molecule has 3 atom stereocenters. The second-order valence-corrected chi connectivity index (χ2v) is 8.58. The summed E-state index contributed by atoms with van der Waals surface area (Å²) in [5, 5.41) is 24.7. The van der Waals surface area contributed by atoms with Crippen LogP contribution in [0.5, 0.6) is 0 Å². The first-order valence-electron chi connectivity index (χ1n) is 12.0. The summed E-state index contributed by atoms with van der Waals surface area (Å²) in [4.78, 5) is 41.5. The number of nitro groups is 1. The fourth-order valence-corrected chi connectivity index (χ4v) is 4.36. The van der Waals surface area contributed by atoms with E-state index in [9.17, 15) is 24.8 Å². The molecular formula is C27H31N3O7. The summed E-state index contributed by atoms with van der Waals surface area (Å²) >= 11 is 0. The van der Waals surface area contributed by atoms with Crippen LogP contribution in [0.15, 0.2) is 70.9 Å². The maximum absolute atomic E-state index is 13.2. The Kier molecular flexibility index (Phi) is 9.64. The Hall–Kier alpha value is -3.89. The van der Waals surface area contributed by atoms with Crippen LogP contribution in [-0.4, -0.2) is 54.0 Å². The quantitative estimate of drug-likeness (QED) is 0.203. The lowest BCUT2D eigenvalue weighted by Crippen LogP contribution is -2.37. The molecule has 2 N–H and O–H groups in total. The van der Waals surface area contributed by atoms with Crippen molar-refractivity contribution in [2.75, 3.05) is 26.3 Å². The molecule has 0 radical (unpaired) electrons. The van der Waals surface area contributed by atoms with Gasteiger partial charge >= 0.3 is 11.9 Å². The molecule has 10 nitrogen and oxygen atoms in total. The fourth-order valence-electron chi connectivity index (χ4n) is 4.36. The van der Waals surface area contributed by atoms with Crippen LogP contribution < -0.4 is 5.32 Å². The third-order valence-corrected chi connectivity index (χ3v) is 6.06. The first-order valence-corrected chi connectivity index (χ1v) is 12.0. The molecule has 37 heavy (non-hydrogen) atoms. The van der Waals surface area contributed by atoms with Crippen molar-refractivity contribution in [3.63, 3.8) is 0 Å². The van der Waals surface area contributed by atoms with Gasteiger partial charge < -0.3 is 19.9 Å². The molecule has 0 bridgehead atoms. The van der Waals surface area contributed by atoms with Gasteiger partial charge in [-0.2, -0.15) is 0 Å². The number of non-ortho nitro benzene ring substituents is 1. The monoisotopic (exact) mass is 509 g/mol. The summed E-state index contributed by atoms with van der Waals surface area (Å²) in [5.74, 6) is -3.05. The number of nitrogens with one attached hydrogen (secondary N) is 1. The number of hydrogen-bond donors (Lipinski definition) is 2. The zero-order valence-corrected chi connectivity index (χ0v) is 21.0. The number of hydrogen-bond acceptors (Lipinski definition) is 9. The number of aliphatic imine (C=N–C) groups is 1. The highest BCUT2D eigenvalue weighted by molar-refractivity contribution is 6.07. The number of benzene rings is 2. The van der Waals surface area contributed by atoms with Crippen LogP contribution in [0.2, 0.25) is 0 Å². The van der Waals surface area contributed by atoms with Gasteiger partial charge in [-0.15, -0.1) is 0 Å². The minimum Gasteiger partial charge on any atom is -0.465 e. The molecule has 3 rings (SSSR count). The molecule has 1 aliphatic rings. The lowest BCUT2D eigenvalue weighted by atomic mass is 9.75. The van der Waals surface area contributed by atoms with Crippen LogP contribution >= 0.6 is 0 Å². The van der Waals surface area contributed by atoms with Crippen molar-refractivity contribution in [1.82, 2.24) is 5.32 Å². The molecule has 1 heterocycles. The van der Waals surface area contributed by atoms with Crippen LogP contribution in [0.25, 0.3) is 0 Å². The molecule has 0 aromatic heterocycles. The molecule has 1 aliphatic heterocycles. The van der Waals surface area contributed by atoms with E-state index in [-0.39, 0.29) is 37.6 Å². The average Bonchev–Trinajstić information content (AvgIpc) is 2.88. The molecule has 10 heteroatoms. The maximum atomic E-state index is 13.2. The highest BCUT2D eigenvalue weighted by atomic mass is 16.6. The van der Waals surface area contributed by atoms with Crippen molar-refractivity contribution in [2.24, 2.45) is 10.9 Å². The van der Waals surface area contributed by atoms with E-state index in [0.29, 0.717) is 17.0 Å². The molecule has 0 saturated heterocycles. The number of allylic oxidation sites excluding steroid dienone is 1. The van der Waals surface area contributed by atoms with Gasteiger partial charge in [0.1, 0.15) is 12.5 Å². The maximum Gasteiger partial charge on any atom is 0.336 e. The van der Waals surface area contributed by atoms with Crippen LogP contribution in [0.1, 0.15) is 43.9 Å². The summed E-state index contributed by atoms with van der Waals surface area (Å²) in [7, 11) is 0. The Balaban J connectivity index is 1.77. The summed E-state index contributed by atoms with van der Waals surface area (Å²) in [6, 6.07) is 15.0. The van der Waals surface area contributed by atoms with E-state index in [1.54, 1.807) is 26.8 Å². The summed E-state index contributed by atoms with van der Waals surface area (Å²) < 4.78 is 10.8. The number of nitro benzene ring substituents is 1. The zero-order chi connectivity index (χ0) is 26.9. The lowest BCUT2D eigenvalue weighted by Gasteiger charge is -2.31. The van der Waals surface area contributed by atoms with Gasteiger partial charge in [-0.3, -0.25) is 19.9 Å². The topological polar surface area (TPSA) is 140 Å². The average molecular weight is 510 g/mol. The van der Waals surface area contributed by atoms with Crippen LogP contribution in [0.3, 0.4) is 0 Å². The van der Waals surface area contributed by atoms with Gasteiger partial charge in [0.2, 0.25) is 0 Å². The minimum atomic E-state index is -0.938. The number of carbonyl (C=O) groups excluding carboxylic acids is 2. The fraction of sp³-hybridized carbons (Fsp3) is 0.370. The molecular weight excluding hydrogens is 478 g/mol. The van der Waals surface area contributed by atoms with Crippen LogP contribution in [0, 0.1) is 16.0 Å². The van der Waals surface area contributed by atoms with Gasteiger partial charge in [-0.05, 0) is 31.9 Å². The lowest BCUT2D eigenvalue weighted by molar-refractivity contribution is -0.384. The summed E-state index contributed by atoms with van der Waals surface area (Å²) in [6.45, 7) is 5.67. The number of esters is 2. The second kappa shape index (κ2) is 12.9. The largest absolute Gasteiger partial charge is 0.465 e. The van der Waals surface area contributed by atoms with E-state index in [2.05, 4.69) is 10.3 Å². The number of nitrogens with zero attached hydrogens (tertiary/aromatic N) is 2. The van der Waals surface area contributed by atoms with Gasteiger partial charge in [-0.25, -0.2) is 4.79 Å². The van der Waals surface area contributed by atoms with Gasteiger partial charge in [0.15, 0.2) is 0 Å². The van der Waals surface area contributed by atoms with Crippen molar-refractivity contribution < 1.29 is 29.1 Å². The molecule has 0 amide bonds. The molecule has 2 aromatic carbocycles. The van der Waals surface area contributed by atoms with Gasteiger partial charge in [0, 0.05) is 42.5 Å². The van der Waals surface area contributed by atoms with E-state index in [0.717, 1.165) is 5.56 Å². The highest BCUT2D eigenvalue weighted by Gasteiger charge is 2.42. The number of carbonyl (C=O) groups is 2. The molecule has 0 spiro atoms. The second-order valence-electron chi connectivity index (χ2n) is 8.58. The SMILES string of the molecule is CCOC(=O)C1C(C)=NC(C)=C(C(=O)OCCNCC(O)c2ccccc2)C1c1cccc([N+](=O)[O-])c1. The Labute approximate surface area is 215 Å². The highest BCUT2D eigenvalue weighted by Crippen LogP contribution is 2.41.